The number of aliphatic hydroxyl groups is 1. The lowest BCUT2D eigenvalue weighted by atomic mass is 9.98. The first-order valence-corrected chi connectivity index (χ1v) is 15.4. The molecule has 43 heavy (non-hydrogen) atoms. The second-order valence-electron chi connectivity index (χ2n) is 10.6. The lowest BCUT2D eigenvalue weighted by molar-refractivity contribution is -0.149. The highest BCUT2D eigenvalue weighted by Crippen LogP contribution is 2.47. The number of hydrogen-bond donors (Lipinski definition) is 3. The molecule has 6 atom stereocenters. The third-order valence-electron chi connectivity index (χ3n) is 6.87. The van der Waals surface area contributed by atoms with Gasteiger partial charge in [-0.05, 0) is 50.5 Å². The number of aliphatic hydroxyl groups excluding tert-OH is 1. The number of benzene rings is 2. The van der Waals surface area contributed by atoms with E-state index in [1.165, 1.54) is 17.2 Å². The molecule has 0 aromatic heterocycles. The molecule has 1 unspecified atom stereocenters. The molecule has 13 heteroatoms. The summed E-state index contributed by atoms with van der Waals surface area (Å²) in [6.45, 7) is 9.34. The smallest absolute Gasteiger partial charge is 0.459 e. The predicted octanol–water partition coefficient (Wildman–Crippen LogP) is 4.41. The van der Waals surface area contributed by atoms with Gasteiger partial charge < -0.3 is 29.3 Å². The van der Waals surface area contributed by atoms with Gasteiger partial charge in [0.05, 0.1) is 12.7 Å². The monoisotopic (exact) mass is 617 g/mol. The van der Waals surface area contributed by atoms with Gasteiger partial charge in [0.25, 0.3) is 5.91 Å². The molecule has 0 bridgehead atoms. The Kier molecular flexibility index (Phi) is 10.1. The van der Waals surface area contributed by atoms with Gasteiger partial charge >= 0.3 is 13.7 Å². The van der Waals surface area contributed by atoms with E-state index in [0.717, 1.165) is 18.1 Å². The van der Waals surface area contributed by atoms with Gasteiger partial charge in [0.1, 0.15) is 29.8 Å². The van der Waals surface area contributed by atoms with E-state index in [2.05, 4.69) is 17.0 Å². The van der Waals surface area contributed by atoms with Crippen LogP contribution in [0.15, 0.2) is 79.3 Å². The zero-order valence-electron chi connectivity index (χ0n) is 24.4. The average molecular weight is 618 g/mol. The van der Waals surface area contributed by atoms with Crippen molar-refractivity contribution in [1.29, 1.82) is 0 Å². The highest BCUT2D eigenvalue weighted by Gasteiger charge is 2.57. The quantitative estimate of drug-likeness (QED) is 0.232. The molecule has 2 aromatic rings. The van der Waals surface area contributed by atoms with Crippen LogP contribution in [0.3, 0.4) is 0 Å². The van der Waals surface area contributed by atoms with Gasteiger partial charge in [-0.1, -0.05) is 56.0 Å². The van der Waals surface area contributed by atoms with Crippen LogP contribution < -0.4 is 14.9 Å². The molecule has 2 aromatic carbocycles. The van der Waals surface area contributed by atoms with Gasteiger partial charge in [-0.3, -0.25) is 14.1 Å². The molecule has 0 spiro atoms. The molecule has 0 saturated carbocycles. The molecule has 3 N–H and O–H groups in total. The van der Waals surface area contributed by atoms with Crippen molar-refractivity contribution in [3.63, 3.8) is 0 Å². The summed E-state index contributed by atoms with van der Waals surface area (Å²) in [4.78, 5) is 25.6. The fourth-order valence-corrected chi connectivity index (χ4v) is 6.22. The molecule has 2 aliphatic heterocycles. The Morgan fingerprint density at radius 1 is 1.23 bits per heavy atom. The standard InChI is InChI=1S/C30H37FN3O8P/c1-6-24(28(37)40-19(2)3)33-43(38,42-23-14-10-13-22(17-23)21-11-8-7-9-12-21)39-18-25-27(36)30(5,31)29(41-25)34-16-15-26(35)32-20(34)4/h7-17,19,24-25,27,29,36H,4,6,18H2,1-3,5H3,(H,32,35)(H,33,38)/t24-,25+,27+,29+,30+,43?/m0/s1. The Bertz CT molecular complexity index is 1400. The molecule has 0 aliphatic carbocycles. The zero-order valence-corrected chi connectivity index (χ0v) is 25.3. The van der Waals surface area contributed by atoms with Crippen molar-refractivity contribution >= 4 is 19.6 Å². The summed E-state index contributed by atoms with van der Waals surface area (Å²) in [5, 5.41) is 16.0. The first kappa shape index (κ1) is 32.4. The van der Waals surface area contributed by atoms with Crippen LogP contribution in [0.2, 0.25) is 0 Å². The summed E-state index contributed by atoms with van der Waals surface area (Å²) in [7, 11) is -4.38. The van der Waals surface area contributed by atoms with Crippen LogP contribution in [0.4, 0.5) is 4.39 Å². The van der Waals surface area contributed by atoms with Gasteiger partial charge in [0.2, 0.25) is 0 Å². The van der Waals surface area contributed by atoms with Crippen molar-refractivity contribution < 1.29 is 42.2 Å². The third-order valence-corrected chi connectivity index (χ3v) is 8.44. The Balaban J connectivity index is 1.57. The number of amides is 1. The average Bonchev–Trinajstić information content (AvgIpc) is 3.18. The van der Waals surface area contributed by atoms with E-state index in [-0.39, 0.29) is 18.0 Å². The SMILES string of the molecule is C=C1NC(=O)C=CN1[C@@H]1O[C@H](COP(=O)(N[C@@H](CC)C(=O)OC(C)C)Oc2cccc(-c3ccccc3)c2)[C@@H](O)[C@@]1(C)F. The van der Waals surface area contributed by atoms with E-state index in [0.29, 0.717) is 0 Å². The van der Waals surface area contributed by atoms with E-state index < -0.39 is 62.5 Å². The highest BCUT2D eigenvalue weighted by molar-refractivity contribution is 7.52. The molecule has 2 aliphatic rings. The van der Waals surface area contributed by atoms with Crippen LogP contribution in [0.1, 0.15) is 34.1 Å². The number of hydrogen-bond acceptors (Lipinski definition) is 9. The van der Waals surface area contributed by atoms with Crippen LogP contribution in [0, 0.1) is 0 Å². The number of alkyl halides is 1. The molecule has 11 nitrogen and oxygen atoms in total. The maximum Gasteiger partial charge on any atom is 0.459 e. The number of nitrogens with one attached hydrogen (secondary N) is 2. The molecule has 1 amide bonds. The molecular weight excluding hydrogens is 580 g/mol. The minimum atomic E-state index is -4.38. The summed E-state index contributed by atoms with van der Waals surface area (Å²) < 4.78 is 52.7. The van der Waals surface area contributed by atoms with Crippen molar-refractivity contribution in [3.8, 4) is 16.9 Å². The zero-order chi connectivity index (χ0) is 31.4. The van der Waals surface area contributed by atoms with Gasteiger partial charge in [-0.15, -0.1) is 0 Å². The lowest BCUT2D eigenvalue weighted by Gasteiger charge is -2.35. The first-order valence-electron chi connectivity index (χ1n) is 13.9. The van der Waals surface area contributed by atoms with Crippen LogP contribution in [-0.4, -0.2) is 64.7 Å². The molecule has 4 rings (SSSR count). The topological polar surface area (TPSA) is 136 Å². The Morgan fingerprint density at radius 2 is 1.93 bits per heavy atom. The molecule has 2 heterocycles. The van der Waals surface area contributed by atoms with Crippen LogP contribution >= 0.6 is 7.75 Å². The van der Waals surface area contributed by atoms with Crippen molar-refractivity contribution in [1.82, 2.24) is 15.3 Å². The molecule has 0 radical (unpaired) electrons. The Labute approximate surface area is 250 Å². The van der Waals surface area contributed by atoms with Crippen LogP contribution in [0.25, 0.3) is 11.1 Å². The fourth-order valence-electron chi connectivity index (χ4n) is 4.64. The summed E-state index contributed by atoms with van der Waals surface area (Å²) in [5.41, 5.74) is -0.675. The molecule has 1 fully saturated rings. The van der Waals surface area contributed by atoms with Crippen LogP contribution in [-0.2, 0) is 28.2 Å². The normalized spacial score (nSPS) is 25.7. The third kappa shape index (κ3) is 7.70. The van der Waals surface area contributed by atoms with E-state index in [4.69, 9.17) is 18.5 Å². The van der Waals surface area contributed by atoms with Crippen molar-refractivity contribution in [2.45, 2.75) is 70.4 Å². The molecule has 232 valence electrons. The minimum absolute atomic E-state index is 0.0542. The Morgan fingerprint density at radius 3 is 2.58 bits per heavy atom. The second-order valence-corrected chi connectivity index (χ2v) is 12.3. The van der Waals surface area contributed by atoms with Crippen molar-refractivity contribution in [3.05, 3.63) is 79.3 Å². The predicted molar refractivity (Wildman–Crippen MR) is 157 cm³/mol. The van der Waals surface area contributed by atoms with Gasteiger partial charge in [0.15, 0.2) is 11.9 Å². The number of nitrogens with zero attached hydrogens (tertiary/aromatic N) is 1. The van der Waals surface area contributed by atoms with Gasteiger partial charge in [-0.2, -0.15) is 5.09 Å². The fraction of sp³-hybridized carbons (Fsp3) is 0.400. The lowest BCUT2D eigenvalue weighted by Crippen LogP contribution is -2.51. The van der Waals surface area contributed by atoms with Gasteiger partial charge in [-0.25, -0.2) is 8.96 Å². The summed E-state index contributed by atoms with van der Waals surface area (Å²) in [6.07, 6.45) is -2.19. The number of rotatable bonds is 12. The first-order chi connectivity index (χ1) is 20.3. The van der Waals surface area contributed by atoms with Crippen molar-refractivity contribution in [2.24, 2.45) is 0 Å². The number of carbonyl (C=O) groups is 2. The van der Waals surface area contributed by atoms with E-state index >= 15 is 4.39 Å². The Hall–Kier alpha value is -3.54. The van der Waals surface area contributed by atoms with Crippen molar-refractivity contribution in [2.75, 3.05) is 6.61 Å². The maximum atomic E-state index is 15.8. The van der Waals surface area contributed by atoms with Crippen LogP contribution in [0.5, 0.6) is 5.75 Å². The second kappa shape index (κ2) is 13.4. The molecular formula is C30H37FN3O8P. The highest BCUT2D eigenvalue weighted by atomic mass is 31.2. The number of carbonyl (C=O) groups excluding carboxylic acids is 2. The van der Waals surface area contributed by atoms with Gasteiger partial charge in [0, 0.05) is 12.3 Å². The maximum absolute atomic E-state index is 15.8. The summed E-state index contributed by atoms with van der Waals surface area (Å²) in [5.74, 6) is -0.870. The van der Waals surface area contributed by atoms with E-state index in [9.17, 15) is 19.3 Å². The minimum Gasteiger partial charge on any atom is -0.462 e. The summed E-state index contributed by atoms with van der Waals surface area (Å²) >= 11 is 0. The number of esters is 1. The number of ether oxygens (including phenoxy) is 2. The van der Waals surface area contributed by atoms with E-state index in [1.54, 1.807) is 39.0 Å². The molecule has 1 saturated heterocycles. The summed E-state index contributed by atoms with van der Waals surface area (Å²) in [6, 6.07) is 15.2. The largest absolute Gasteiger partial charge is 0.462 e. The van der Waals surface area contributed by atoms with E-state index in [1.807, 2.05) is 36.4 Å². The number of halogens is 1.